The molecule has 0 atom stereocenters. The highest BCUT2D eigenvalue weighted by atomic mass is 35.5. The Labute approximate surface area is 109 Å². The van der Waals surface area contributed by atoms with Crippen molar-refractivity contribution in [2.45, 2.75) is 24.9 Å². The monoisotopic (exact) mass is 272 g/mol. The maximum Gasteiger partial charge on any atom is 0.319 e. The third kappa shape index (κ3) is 3.11. The van der Waals surface area contributed by atoms with Crippen molar-refractivity contribution in [3.8, 4) is 0 Å². The molecule has 0 radical (unpaired) electrons. The molecule has 1 saturated carbocycles. The number of halogens is 2. The molecule has 3 N–H and O–H groups in total. The SMILES string of the molecule is O=C(NCC1(O)CCC1)Nc1ccc(Cl)cc1F. The summed E-state index contributed by atoms with van der Waals surface area (Å²) < 4.78 is 13.4. The first-order chi connectivity index (χ1) is 8.48. The Bertz CT molecular complexity index is 463. The van der Waals surface area contributed by atoms with Gasteiger partial charge in [0.2, 0.25) is 0 Å². The molecule has 0 saturated heterocycles. The summed E-state index contributed by atoms with van der Waals surface area (Å²) in [6.45, 7) is 0.175. The molecule has 18 heavy (non-hydrogen) atoms. The van der Waals surface area contributed by atoms with Crippen LogP contribution in [0.3, 0.4) is 0 Å². The minimum absolute atomic E-state index is 0.0532. The van der Waals surface area contributed by atoms with Gasteiger partial charge in [0.25, 0.3) is 0 Å². The lowest BCUT2D eigenvalue weighted by atomic mass is 9.80. The van der Waals surface area contributed by atoms with Crippen molar-refractivity contribution >= 4 is 23.3 Å². The highest BCUT2D eigenvalue weighted by molar-refractivity contribution is 6.30. The van der Waals surface area contributed by atoms with Gasteiger partial charge in [-0.05, 0) is 37.5 Å². The third-order valence-corrected chi connectivity index (χ3v) is 3.28. The summed E-state index contributed by atoms with van der Waals surface area (Å²) in [5, 5.41) is 14.9. The van der Waals surface area contributed by atoms with Crippen LogP contribution in [0.4, 0.5) is 14.9 Å². The summed E-state index contributed by atoms with van der Waals surface area (Å²) in [7, 11) is 0. The van der Waals surface area contributed by atoms with E-state index in [1.54, 1.807) is 0 Å². The second-order valence-electron chi connectivity index (χ2n) is 4.51. The zero-order chi connectivity index (χ0) is 13.2. The molecule has 98 valence electrons. The highest BCUT2D eigenvalue weighted by Gasteiger charge is 2.34. The Hall–Kier alpha value is -1.33. The van der Waals surface area contributed by atoms with Gasteiger partial charge < -0.3 is 15.7 Å². The van der Waals surface area contributed by atoms with E-state index in [4.69, 9.17) is 11.6 Å². The minimum Gasteiger partial charge on any atom is -0.388 e. The largest absolute Gasteiger partial charge is 0.388 e. The van der Waals surface area contributed by atoms with Gasteiger partial charge in [0.05, 0.1) is 11.3 Å². The number of carbonyl (C=O) groups excluding carboxylic acids is 1. The van der Waals surface area contributed by atoms with Gasteiger partial charge in [-0.1, -0.05) is 11.6 Å². The average Bonchev–Trinajstić information content (AvgIpc) is 2.28. The first-order valence-electron chi connectivity index (χ1n) is 5.71. The van der Waals surface area contributed by atoms with Gasteiger partial charge in [-0.15, -0.1) is 0 Å². The summed E-state index contributed by atoms with van der Waals surface area (Å²) >= 11 is 5.60. The molecule has 0 spiro atoms. The van der Waals surface area contributed by atoms with Crippen molar-refractivity contribution in [1.82, 2.24) is 5.32 Å². The number of hydrogen-bond donors (Lipinski definition) is 3. The van der Waals surface area contributed by atoms with Gasteiger partial charge in [-0.2, -0.15) is 0 Å². The predicted octanol–water partition coefficient (Wildman–Crippen LogP) is 2.52. The lowest BCUT2D eigenvalue weighted by molar-refractivity contribution is -0.0287. The van der Waals surface area contributed by atoms with Crippen molar-refractivity contribution in [1.29, 1.82) is 0 Å². The summed E-state index contributed by atoms with van der Waals surface area (Å²) in [6.07, 6.45) is 2.33. The van der Waals surface area contributed by atoms with Gasteiger partial charge in [0, 0.05) is 11.6 Å². The fourth-order valence-electron chi connectivity index (χ4n) is 1.76. The first-order valence-corrected chi connectivity index (χ1v) is 6.09. The van der Waals surface area contributed by atoms with Crippen LogP contribution in [0.2, 0.25) is 5.02 Å². The van der Waals surface area contributed by atoms with Crippen molar-refractivity contribution in [2.24, 2.45) is 0 Å². The van der Waals surface area contributed by atoms with E-state index in [0.29, 0.717) is 12.8 Å². The molecular weight excluding hydrogens is 259 g/mol. The first kappa shape index (κ1) is 13.1. The number of anilines is 1. The standard InChI is InChI=1S/C12H14ClFN2O2/c13-8-2-3-10(9(14)6-8)16-11(17)15-7-12(18)4-1-5-12/h2-3,6,18H,1,4-5,7H2,(H2,15,16,17). The molecule has 0 unspecified atom stereocenters. The van der Waals surface area contributed by atoms with Crippen molar-refractivity contribution in [2.75, 3.05) is 11.9 Å². The summed E-state index contributed by atoms with van der Waals surface area (Å²) in [4.78, 5) is 11.5. The van der Waals surface area contributed by atoms with Crippen LogP contribution < -0.4 is 10.6 Å². The fraction of sp³-hybridized carbons (Fsp3) is 0.417. The molecule has 1 aliphatic carbocycles. The van der Waals surface area contributed by atoms with Crippen molar-refractivity contribution < 1.29 is 14.3 Å². The van der Waals surface area contributed by atoms with Crippen LogP contribution in [-0.4, -0.2) is 23.3 Å². The summed E-state index contributed by atoms with van der Waals surface area (Å²) in [5.74, 6) is -0.597. The smallest absolute Gasteiger partial charge is 0.319 e. The maximum absolute atomic E-state index is 13.4. The number of hydrogen-bond acceptors (Lipinski definition) is 2. The number of benzene rings is 1. The van der Waals surface area contributed by atoms with Crippen molar-refractivity contribution in [3.63, 3.8) is 0 Å². The van der Waals surface area contributed by atoms with Crippen LogP contribution in [-0.2, 0) is 0 Å². The Morgan fingerprint density at radius 2 is 2.22 bits per heavy atom. The van der Waals surface area contributed by atoms with E-state index in [9.17, 15) is 14.3 Å². The molecule has 1 aromatic rings. The Morgan fingerprint density at radius 3 is 2.78 bits per heavy atom. The quantitative estimate of drug-likeness (QED) is 0.792. The van der Waals surface area contributed by atoms with E-state index in [0.717, 1.165) is 12.5 Å². The molecule has 2 rings (SSSR count). The van der Waals surface area contributed by atoms with E-state index >= 15 is 0 Å². The van der Waals surface area contributed by atoms with Crippen LogP contribution in [0.15, 0.2) is 18.2 Å². The van der Waals surface area contributed by atoms with Gasteiger partial charge in [-0.3, -0.25) is 0 Å². The zero-order valence-corrected chi connectivity index (χ0v) is 10.4. The second-order valence-corrected chi connectivity index (χ2v) is 4.95. The van der Waals surface area contributed by atoms with Crippen LogP contribution in [0.5, 0.6) is 0 Å². The van der Waals surface area contributed by atoms with Crippen molar-refractivity contribution in [3.05, 3.63) is 29.0 Å². The van der Waals surface area contributed by atoms with Crippen LogP contribution in [0.25, 0.3) is 0 Å². The van der Waals surface area contributed by atoms with E-state index in [1.165, 1.54) is 12.1 Å². The normalized spacial score (nSPS) is 16.8. The molecule has 0 bridgehead atoms. The third-order valence-electron chi connectivity index (χ3n) is 3.04. The van der Waals surface area contributed by atoms with E-state index < -0.39 is 17.4 Å². The number of nitrogens with one attached hydrogen (secondary N) is 2. The molecule has 2 amide bonds. The van der Waals surface area contributed by atoms with Gasteiger partial charge in [0.15, 0.2) is 0 Å². The van der Waals surface area contributed by atoms with Gasteiger partial charge in [0.1, 0.15) is 5.82 Å². The Kier molecular flexibility index (Phi) is 3.73. The van der Waals surface area contributed by atoms with Crippen LogP contribution in [0.1, 0.15) is 19.3 Å². The topological polar surface area (TPSA) is 61.4 Å². The Morgan fingerprint density at radius 1 is 1.50 bits per heavy atom. The molecule has 4 nitrogen and oxygen atoms in total. The molecule has 1 aliphatic rings. The predicted molar refractivity (Wildman–Crippen MR) is 67.2 cm³/mol. The van der Waals surface area contributed by atoms with E-state index in [1.807, 2.05) is 0 Å². The molecule has 0 aromatic heterocycles. The van der Waals surface area contributed by atoms with Crippen LogP contribution in [0, 0.1) is 5.82 Å². The van der Waals surface area contributed by atoms with Gasteiger partial charge in [-0.25, -0.2) is 9.18 Å². The Balaban J connectivity index is 1.87. The van der Waals surface area contributed by atoms with E-state index in [-0.39, 0.29) is 17.3 Å². The molecule has 1 aromatic carbocycles. The number of urea groups is 1. The molecule has 0 heterocycles. The average molecular weight is 273 g/mol. The lowest BCUT2D eigenvalue weighted by Gasteiger charge is -2.36. The number of amides is 2. The summed E-state index contributed by atoms with van der Waals surface area (Å²) in [5.41, 5.74) is -0.743. The molecule has 6 heteroatoms. The number of carbonyl (C=O) groups is 1. The van der Waals surface area contributed by atoms with Gasteiger partial charge >= 0.3 is 6.03 Å². The molecular formula is C12H14ClFN2O2. The maximum atomic E-state index is 13.4. The van der Waals surface area contributed by atoms with Crippen LogP contribution >= 0.6 is 11.6 Å². The number of rotatable bonds is 3. The summed E-state index contributed by atoms with van der Waals surface area (Å²) in [6, 6.07) is 3.45. The molecule has 1 fully saturated rings. The highest BCUT2D eigenvalue weighted by Crippen LogP contribution is 2.30. The lowest BCUT2D eigenvalue weighted by Crippen LogP contribution is -2.48. The number of aliphatic hydroxyl groups is 1. The minimum atomic E-state index is -0.796. The fourth-order valence-corrected chi connectivity index (χ4v) is 1.92. The second kappa shape index (κ2) is 5.12. The zero-order valence-electron chi connectivity index (χ0n) is 9.67. The van der Waals surface area contributed by atoms with E-state index in [2.05, 4.69) is 10.6 Å². The molecule has 0 aliphatic heterocycles.